The van der Waals surface area contributed by atoms with E-state index in [0.29, 0.717) is 18.2 Å². The van der Waals surface area contributed by atoms with Gasteiger partial charge in [-0.3, -0.25) is 10.1 Å². The molecule has 6 nitrogen and oxygen atoms in total. The lowest BCUT2D eigenvalue weighted by atomic mass is 9.78. The monoisotopic (exact) mass is 250 g/mol. The SMILES string of the molecule is CCNc1cc([N+](=O)[O-])cc(NC2(C)CCC2)n1. The van der Waals surface area contributed by atoms with Crippen LogP contribution in [0.3, 0.4) is 0 Å². The van der Waals surface area contributed by atoms with Crippen LogP contribution in [0.15, 0.2) is 12.1 Å². The van der Waals surface area contributed by atoms with Crippen LogP contribution in [0.4, 0.5) is 17.3 Å². The predicted molar refractivity (Wildman–Crippen MR) is 70.9 cm³/mol. The summed E-state index contributed by atoms with van der Waals surface area (Å²) < 4.78 is 0. The lowest BCUT2D eigenvalue weighted by Crippen LogP contribution is -2.41. The highest BCUT2D eigenvalue weighted by Gasteiger charge is 2.32. The molecule has 0 unspecified atom stereocenters. The molecule has 1 aliphatic carbocycles. The van der Waals surface area contributed by atoms with Gasteiger partial charge in [0.15, 0.2) is 0 Å². The Bertz CT molecular complexity index is 457. The maximum Gasteiger partial charge on any atom is 0.276 e. The number of nitrogens with one attached hydrogen (secondary N) is 2. The van der Waals surface area contributed by atoms with Crippen molar-refractivity contribution in [2.75, 3.05) is 17.2 Å². The van der Waals surface area contributed by atoms with Crippen molar-refractivity contribution in [2.24, 2.45) is 0 Å². The summed E-state index contributed by atoms with van der Waals surface area (Å²) in [7, 11) is 0. The topological polar surface area (TPSA) is 80.1 Å². The average molecular weight is 250 g/mol. The molecule has 18 heavy (non-hydrogen) atoms. The molecule has 1 aliphatic rings. The second kappa shape index (κ2) is 4.80. The van der Waals surface area contributed by atoms with E-state index in [2.05, 4.69) is 22.5 Å². The summed E-state index contributed by atoms with van der Waals surface area (Å²) in [6.07, 6.45) is 3.35. The van der Waals surface area contributed by atoms with Crippen molar-refractivity contribution in [1.82, 2.24) is 4.98 Å². The number of aromatic nitrogens is 1. The molecule has 0 bridgehead atoms. The minimum Gasteiger partial charge on any atom is -0.370 e. The summed E-state index contributed by atoms with van der Waals surface area (Å²) in [5.41, 5.74) is 0.0949. The predicted octanol–water partition coefficient (Wildman–Crippen LogP) is 2.78. The van der Waals surface area contributed by atoms with E-state index in [1.54, 1.807) is 0 Å². The first kappa shape index (κ1) is 12.6. The average Bonchev–Trinajstić information content (AvgIpc) is 2.27. The van der Waals surface area contributed by atoms with Gasteiger partial charge < -0.3 is 10.6 Å². The highest BCUT2D eigenvalue weighted by molar-refractivity contribution is 5.55. The number of rotatable bonds is 5. The smallest absolute Gasteiger partial charge is 0.276 e. The fraction of sp³-hybridized carbons (Fsp3) is 0.583. The second-order valence-electron chi connectivity index (χ2n) is 4.92. The molecule has 0 atom stereocenters. The summed E-state index contributed by atoms with van der Waals surface area (Å²) >= 11 is 0. The van der Waals surface area contributed by atoms with Gasteiger partial charge in [-0.05, 0) is 33.1 Å². The molecule has 2 rings (SSSR count). The number of nitrogens with zero attached hydrogens (tertiary/aromatic N) is 2. The summed E-state index contributed by atoms with van der Waals surface area (Å²) in [4.78, 5) is 14.8. The maximum atomic E-state index is 10.9. The van der Waals surface area contributed by atoms with Crippen LogP contribution in [-0.2, 0) is 0 Å². The zero-order valence-electron chi connectivity index (χ0n) is 10.7. The first-order chi connectivity index (χ1) is 8.52. The lowest BCUT2D eigenvalue weighted by Gasteiger charge is -2.39. The Morgan fingerprint density at radius 2 is 2.11 bits per heavy atom. The quantitative estimate of drug-likeness (QED) is 0.620. The molecule has 1 saturated carbocycles. The normalized spacial score (nSPS) is 16.8. The van der Waals surface area contributed by atoms with Crippen LogP contribution >= 0.6 is 0 Å². The molecule has 0 spiro atoms. The van der Waals surface area contributed by atoms with E-state index in [-0.39, 0.29) is 11.2 Å². The van der Waals surface area contributed by atoms with E-state index in [4.69, 9.17) is 0 Å². The van der Waals surface area contributed by atoms with Crippen molar-refractivity contribution < 1.29 is 4.92 Å². The Morgan fingerprint density at radius 3 is 2.61 bits per heavy atom. The molecule has 1 heterocycles. The van der Waals surface area contributed by atoms with E-state index in [1.165, 1.54) is 18.6 Å². The van der Waals surface area contributed by atoms with Gasteiger partial charge in [-0.1, -0.05) is 0 Å². The highest BCUT2D eigenvalue weighted by atomic mass is 16.6. The van der Waals surface area contributed by atoms with Crippen molar-refractivity contribution in [3.05, 3.63) is 22.2 Å². The second-order valence-corrected chi connectivity index (χ2v) is 4.92. The van der Waals surface area contributed by atoms with Gasteiger partial charge in [0.1, 0.15) is 11.6 Å². The summed E-state index contributed by atoms with van der Waals surface area (Å²) in [5, 5.41) is 17.2. The van der Waals surface area contributed by atoms with E-state index >= 15 is 0 Å². The van der Waals surface area contributed by atoms with Crippen LogP contribution in [0.2, 0.25) is 0 Å². The van der Waals surface area contributed by atoms with Crippen molar-refractivity contribution in [3.8, 4) is 0 Å². The molecule has 1 fully saturated rings. The van der Waals surface area contributed by atoms with Gasteiger partial charge in [0.05, 0.1) is 17.1 Å². The highest BCUT2D eigenvalue weighted by Crippen LogP contribution is 2.35. The fourth-order valence-corrected chi connectivity index (χ4v) is 2.10. The van der Waals surface area contributed by atoms with E-state index < -0.39 is 4.92 Å². The zero-order valence-corrected chi connectivity index (χ0v) is 10.7. The number of nitro groups is 1. The number of hydrogen-bond acceptors (Lipinski definition) is 5. The molecule has 6 heteroatoms. The number of anilines is 2. The minimum absolute atomic E-state index is 0.0334. The maximum absolute atomic E-state index is 10.9. The molecule has 0 amide bonds. The first-order valence-electron chi connectivity index (χ1n) is 6.21. The van der Waals surface area contributed by atoms with Crippen LogP contribution in [0.1, 0.15) is 33.1 Å². The molecule has 0 aliphatic heterocycles. The van der Waals surface area contributed by atoms with Crippen LogP contribution in [0, 0.1) is 10.1 Å². The van der Waals surface area contributed by atoms with Gasteiger partial charge in [0.2, 0.25) is 0 Å². The van der Waals surface area contributed by atoms with Crippen molar-refractivity contribution in [2.45, 2.75) is 38.6 Å². The van der Waals surface area contributed by atoms with Gasteiger partial charge in [0.25, 0.3) is 5.69 Å². The Kier molecular flexibility index (Phi) is 3.36. The van der Waals surface area contributed by atoms with Gasteiger partial charge in [-0.2, -0.15) is 0 Å². The Hall–Kier alpha value is -1.85. The van der Waals surface area contributed by atoms with Crippen molar-refractivity contribution in [3.63, 3.8) is 0 Å². The van der Waals surface area contributed by atoms with Crippen LogP contribution in [-0.4, -0.2) is 22.0 Å². The molecule has 1 aromatic rings. The van der Waals surface area contributed by atoms with Crippen molar-refractivity contribution in [1.29, 1.82) is 0 Å². The first-order valence-corrected chi connectivity index (χ1v) is 6.21. The van der Waals surface area contributed by atoms with Crippen molar-refractivity contribution >= 4 is 17.3 Å². The number of pyridine rings is 1. The zero-order chi connectivity index (χ0) is 13.2. The third-order valence-corrected chi connectivity index (χ3v) is 3.27. The lowest BCUT2D eigenvalue weighted by molar-refractivity contribution is -0.384. The molecule has 1 aromatic heterocycles. The van der Waals surface area contributed by atoms with Gasteiger partial charge >= 0.3 is 0 Å². The Labute approximate surface area is 106 Å². The van der Waals surface area contributed by atoms with E-state index in [9.17, 15) is 10.1 Å². The Morgan fingerprint density at radius 1 is 1.44 bits per heavy atom. The fourth-order valence-electron chi connectivity index (χ4n) is 2.10. The van der Waals surface area contributed by atoms with E-state index in [0.717, 1.165) is 12.8 Å². The molecular formula is C12H18N4O2. The van der Waals surface area contributed by atoms with Gasteiger partial charge in [0, 0.05) is 12.1 Å². The number of hydrogen-bond donors (Lipinski definition) is 2. The van der Waals surface area contributed by atoms with Crippen LogP contribution < -0.4 is 10.6 Å². The molecule has 98 valence electrons. The van der Waals surface area contributed by atoms with Gasteiger partial charge in [-0.25, -0.2) is 4.98 Å². The summed E-state index contributed by atoms with van der Waals surface area (Å²) in [5.74, 6) is 1.11. The third-order valence-electron chi connectivity index (χ3n) is 3.27. The third kappa shape index (κ3) is 2.69. The molecule has 0 aromatic carbocycles. The molecule has 2 N–H and O–H groups in total. The standard InChI is InChI=1S/C12H18N4O2/c1-3-13-10-7-9(16(17)18)8-11(14-10)15-12(2)5-4-6-12/h7-8H,3-6H2,1-2H3,(H2,13,14,15). The van der Waals surface area contributed by atoms with Gasteiger partial charge in [-0.15, -0.1) is 0 Å². The van der Waals surface area contributed by atoms with Crippen LogP contribution in [0.5, 0.6) is 0 Å². The summed E-state index contributed by atoms with van der Waals surface area (Å²) in [6.45, 7) is 4.73. The molecule has 0 saturated heterocycles. The molecule has 0 radical (unpaired) electrons. The largest absolute Gasteiger partial charge is 0.370 e. The Balaban J connectivity index is 2.24. The minimum atomic E-state index is -0.392. The molecular weight excluding hydrogens is 232 g/mol. The van der Waals surface area contributed by atoms with Crippen LogP contribution in [0.25, 0.3) is 0 Å². The summed E-state index contributed by atoms with van der Waals surface area (Å²) in [6, 6.07) is 2.95. The van der Waals surface area contributed by atoms with E-state index in [1.807, 2.05) is 6.92 Å².